The summed E-state index contributed by atoms with van der Waals surface area (Å²) in [4.78, 5) is 34.0. The second-order valence-electron chi connectivity index (χ2n) is 3.73. The number of aliphatic carboxylic acids is 1. The van der Waals surface area contributed by atoms with Crippen LogP contribution in [0.25, 0.3) is 0 Å². The third-order valence-electron chi connectivity index (χ3n) is 2.23. The van der Waals surface area contributed by atoms with Crippen LogP contribution in [0.15, 0.2) is 27.6 Å². The molecule has 1 rings (SSSR count). The molecule has 2 N–H and O–H groups in total. The summed E-state index contributed by atoms with van der Waals surface area (Å²) in [5.41, 5.74) is -0.350. The third kappa shape index (κ3) is 4.84. The first-order valence-electron chi connectivity index (χ1n) is 5.31. The van der Waals surface area contributed by atoms with Crippen molar-refractivity contribution in [3.63, 3.8) is 0 Å². The van der Waals surface area contributed by atoms with Crippen LogP contribution in [0.4, 0.5) is 0 Å². The smallest absolute Gasteiger partial charge is 0.328 e. The van der Waals surface area contributed by atoms with E-state index in [1.54, 1.807) is 6.07 Å². The van der Waals surface area contributed by atoms with Gasteiger partial charge in [0.2, 0.25) is 5.91 Å². The van der Waals surface area contributed by atoms with Crippen LogP contribution < -0.4 is 10.9 Å². The minimum Gasteiger partial charge on any atom is -0.480 e. The molecule has 0 saturated heterocycles. The Kier molecular flexibility index (Phi) is 5.71. The number of hydrogen-bond acceptors (Lipinski definition) is 4. The predicted molar refractivity (Wildman–Crippen MR) is 69.8 cm³/mol. The van der Waals surface area contributed by atoms with Crippen molar-refractivity contribution < 1.29 is 19.4 Å². The van der Waals surface area contributed by atoms with E-state index in [9.17, 15) is 14.4 Å². The Balaban J connectivity index is 2.71. The monoisotopic (exact) mass is 332 g/mol. The molecule has 7 nitrogen and oxygen atoms in total. The van der Waals surface area contributed by atoms with E-state index >= 15 is 0 Å². The molecule has 0 aliphatic heterocycles. The number of nitrogens with one attached hydrogen (secondary N) is 1. The maximum atomic E-state index is 11.7. The Morgan fingerprint density at radius 3 is 2.79 bits per heavy atom. The average Bonchev–Trinajstić information content (AvgIpc) is 2.33. The van der Waals surface area contributed by atoms with Crippen LogP contribution in [-0.2, 0) is 20.9 Å². The zero-order chi connectivity index (χ0) is 14.4. The van der Waals surface area contributed by atoms with Crippen molar-refractivity contribution in [2.75, 3.05) is 13.7 Å². The summed E-state index contributed by atoms with van der Waals surface area (Å²) in [6.07, 6.45) is 1.45. The molecular weight excluding hydrogens is 320 g/mol. The Bertz CT molecular complexity index is 528. The highest BCUT2D eigenvalue weighted by molar-refractivity contribution is 9.10. The zero-order valence-corrected chi connectivity index (χ0v) is 11.7. The van der Waals surface area contributed by atoms with Crippen LogP contribution in [0.1, 0.15) is 0 Å². The number of hydrogen-bond donors (Lipinski definition) is 2. The highest BCUT2D eigenvalue weighted by Crippen LogP contribution is 2.04. The van der Waals surface area contributed by atoms with Gasteiger partial charge in [-0.15, -0.1) is 0 Å². The maximum absolute atomic E-state index is 11.7. The topological polar surface area (TPSA) is 97.6 Å². The van der Waals surface area contributed by atoms with Crippen LogP contribution in [-0.4, -0.2) is 41.3 Å². The highest BCUT2D eigenvalue weighted by Gasteiger charge is 2.19. The molecule has 0 aromatic carbocycles. The number of pyridine rings is 1. The average molecular weight is 333 g/mol. The molecule has 1 aromatic heterocycles. The number of nitrogens with zero attached hydrogens (tertiary/aromatic N) is 1. The first-order valence-corrected chi connectivity index (χ1v) is 6.10. The van der Waals surface area contributed by atoms with Gasteiger partial charge in [-0.05, 0) is 22.0 Å². The second-order valence-corrected chi connectivity index (χ2v) is 4.64. The van der Waals surface area contributed by atoms with Crippen LogP contribution in [0.5, 0.6) is 0 Å². The van der Waals surface area contributed by atoms with Crippen molar-refractivity contribution in [2.45, 2.75) is 12.6 Å². The third-order valence-corrected chi connectivity index (χ3v) is 2.70. The SMILES string of the molecule is COCC(NC(=O)Cn1cc(Br)ccc1=O)C(=O)O. The fraction of sp³-hybridized carbons (Fsp3) is 0.364. The number of carbonyl (C=O) groups is 2. The van der Waals surface area contributed by atoms with Gasteiger partial charge in [-0.1, -0.05) is 0 Å². The van der Waals surface area contributed by atoms with Crippen molar-refractivity contribution >= 4 is 27.8 Å². The van der Waals surface area contributed by atoms with Crippen LogP contribution in [0.3, 0.4) is 0 Å². The number of methoxy groups -OCH3 is 1. The Morgan fingerprint density at radius 1 is 1.53 bits per heavy atom. The lowest BCUT2D eigenvalue weighted by molar-refractivity contribution is -0.143. The Hall–Kier alpha value is -1.67. The number of ether oxygens (including phenoxy) is 1. The van der Waals surface area contributed by atoms with Crippen LogP contribution in [0.2, 0.25) is 0 Å². The molecule has 0 saturated carbocycles. The minimum absolute atomic E-state index is 0.144. The lowest BCUT2D eigenvalue weighted by Gasteiger charge is -2.14. The second kappa shape index (κ2) is 7.05. The van der Waals surface area contributed by atoms with Gasteiger partial charge in [0.25, 0.3) is 5.56 Å². The van der Waals surface area contributed by atoms with Crippen molar-refractivity contribution in [1.82, 2.24) is 9.88 Å². The van der Waals surface area contributed by atoms with Crippen LogP contribution >= 0.6 is 15.9 Å². The molecular formula is C11H13BrN2O5. The van der Waals surface area contributed by atoms with E-state index in [4.69, 9.17) is 5.11 Å². The lowest BCUT2D eigenvalue weighted by Crippen LogP contribution is -2.45. The highest BCUT2D eigenvalue weighted by atomic mass is 79.9. The summed E-state index contributed by atoms with van der Waals surface area (Å²) in [5.74, 6) is -1.78. The number of carboxylic acids is 1. The largest absolute Gasteiger partial charge is 0.480 e. The van der Waals surface area contributed by atoms with E-state index in [1.165, 1.54) is 23.9 Å². The van der Waals surface area contributed by atoms with E-state index in [0.29, 0.717) is 4.47 Å². The Morgan fingerprint density at radius 2 is 2.21 bits per heavy atom. The zero-order valence-electron chi connectivity index (χ0n) is 10.1. The van der Waals surface area contributed by atoms with E-state index in [0.717, 1.165) is 0 Å². The Labute approximate surface area is 117 Å². The molecule has 0 bridgehead atoms. The quantitative estimate of drug-likeness (QED) is 0.753. The molecule has 0 spiro atoms. The maximum Gasteiger partial charge on any atom is 0.328 e. The first kappa shape index (κ1) is 15.4. The van der Waals surface area contributed by atoms with Crippen molar-refractivity contribution in [3.05, 3.63) is 33.2 Å². The number of halogens is 1. The number of rotatable bonds is 6. The molecule has 1 atom stereocenters. The summed E-state index contributed by atoms with van der Waals surface area (Å²) in [6.45, 7) is -0.403. The number of amides is 1. The van der Waals surface area contributed by atoms with Gasteiger partial charge in [-0.25, -0.2) is 4.79 Å². The standard InChI is InChI=1S/C11H13BrN2O5/c1-19-6-8(11(17)18)13-9(15)5-14-4-7(12)2-3-10(14)16/h2-4,8H,5-6H2,1H3,(H,13,15)(H,17,18). The van der Waals surface area contributed by atoms with Gasteiger partial charge >= 0.3 is 5.97 Å². The summed E-state index contributed by atoms with van der Waals surface area (Å²) in [7, 11) is 1.33. The van der Waals surface area contributed by atoms with Crippen LogP contribution in [0, 0.1) is 0 Å². The molecule has 0 radical (unpaired) electrons. The summed E-state index contributed by atoms with van der Waals surface area (Å²) >= 11 is 3.18. The molecule has 19 heavy (non-hydrogen) atoms. The number of carboxylic acid groups (broad SMARTS) is 1. The first-order chi connectivity index (χ1) is 8.93. The molecule has 0 fully saturated rings. The minimum atomic E-state index is -1.20. The van der Waals surface area contributed by atoms with Gasteiger partial charge in [0.05, 0.1) is 6.61 Å². The summed E-state index contributed by atoms with van der Waals surface area (Å²) < 4.78 is 6.50. The van der Waals surface area contributed by atoms with Gasteiger partial charge in [0.15, 0.2) is 6.04 Å². The van der Waals surface area contributed by atoms with E-state index in [-0.39, 0.29) is 18.7 Å². The van der Waals surface area contributed by atoms with E-state index < -0.39 is 17.9 Å². The molecule has 0 aliphatic rings. The van der Waals surface area contributed by atoms with E-state index in [2.05, 4.69) is 26.0 Å². The molecule has 0 aliphatic carbocycles. The molecule has 104 valence electrons. The molecule has 1 unspecified atom stereocenters. The lowest BCUT2D eigenvalue weighted by atomic mass is 10.3. The van der Waals surface area contributed by atoms with Gasteiger partial charge in [0, 0.05) is 23.8 Å². The summed E-state index contributed by atoms with van der Waals surface area (Å²) in [5, 5.41) is 11.1. The van der Waals surface area contributed by atoms with E-state index in [1.807, 2.05) is 0 Å². The van der Waals surface area contributed by atoms with Gasteiger partial charge in [-0.2, -0.15) is 0 Å². The fourth-order valence-electron chi connectivity index (χ4n) is 1.36. The van der Waals surface area contributed by atoms with Crippen molar-refractivity contribution in [3.8, 4) is 0 Å². The summed E-state index contributed by atoms with van der Waals surface area (Å²) in [6, 6.07) is 1.73. The number of carbonyl (C=O) groups excluding carboxylic acids is 1. The fourth-order valence-corrected chi connectivity index (χ4v) is 1.74. The molecule has 1 aromatic rings. The molecule has 1 amide bonds. The molecule has 8 heteroatoms. The van der Waals surface area contributed by atoms with Crippen molar-refractivity contribution in [2.24, 2.45) is 0 Å². The van der Waals surface area contributed by atoms with Gasteiger partial charge < -0.3 is 19.7 Å². The van der Waals surface area contributed by atoms with Crippen molar-refractivity contribution in [1.29, 1.82) is 0 Å². The number of aromatic nitrogens is 1. The molecule has 1 heterocycles. The predicted octanol–water partition coefficient (Wildman–Crippen LogP) is -0.173. The normalized spacial score (nSPS) is 11.9. The van der Waals surface area contributed by atoms with Gasteiger partial charge in [0.1, 0.15) is 6.54 Å². The van der Waals surface area contributed by atoms with Gasteiger partial charge in [-0.3, -0.25) is 9.59 Å².